The van der Waals surface area contributed by atoms with E-state index in [0.29, 0.717) is 32.8 Å². The predicted molar refractivity (Wildman–Crippen MR) is 85.0 cm³/mol. The zero-order valence-corrected chi connectivity index (χ0v) is 13.4. The maximum absolute atomic E-state index is 13.0. The number of hydrogen-bond donors (Lipinski definition) is 1. The fourth-order valence-electron chi connectivity index (χ4n) is 3.75. The molecular formula is C17H21N3O4. The number of nitrogens with one attached hydrogen (secondary N) is 1. The Morgan fingerprint density at radius 1 is 1.21 bits per heavy atom. The number of ether oxygens (including phenoxy) is 2. The van der Waals surface area contributed by atoms with E-state index < -0.39 is 11.8 Å². The van der Waals surface area contributed by atoms with E-state index >= 15 is 0 Å². The minimum absolute atomic E-state index is 0.0497. The summed E-state index contributed by atoms with van der Waals surface area (Å²) in [7, 11) is 0. The van der Waals surface area contributed by atoms with Crippen LogP contribution >= 0.6 is 0 Å². The van der Waals surface area contributed by atoms with Crippen molar-refractivity contribution in [2.24, 2.45) is 0 Å². The summed E-state index contributed by atoms with van der Waals surface area (Å²) in [6.07, 6.45) is 0. The lowest BCUT2D eigenvalue weighted by Crippen LogP contribution is -2.64. The van der Waals surface area contributed by atoms with Gasteiger partial charge in [-0.15, -0.1) is 0 Å². The zero-order chi connectivity index (χ0) is 16.6. The first-order valence-corrected chi connectivity index (χ1v) is 8.31. The van der Waals surface area contributed by atoms with Gasteiger partial charge in [0.15, 0.2) is 5.72 Å². The standard InChI is InChI=1S/C17H21N3O4/c21-15-10-18-12-17(13-4-2-1-3-5-13)20(15)14(11-24-17)16(22)19-6-8-23-9-7-19/h1-5,14,18H,6-12H2/t14-,17+/m0/s1. The molecule has 0 spiro atoms. The number of rotatable bonds is 2. The molecule has 0 aromatic heterocycles. The second-order valence-corrected chi connectivity index (χ2v) is 6.28. The largest absolute Gasteiger partial charge is 0.378 e. The van der Waals surface area contributed by atoms with Crippen molar-refractivity contribution >= 4 is 11.8 Å². The molecule has 0 radical (unpaired) electrons. The van der Waals surface area contributed by atoms with Gasteiger partial charge in [0, 0.05) is 25.2 Å². The molecule has 1 N–H and O–H groups in total. The van der Waals surface area contributed by atoms with Crippen LogP contribution in [0.1, 0.15) is 5.56 Å². The van der Waals surface area contributed by atoms with Crippen LogP contribution in [-0.2, 0) is 24.8 Å². The number of fused-ring (bicyclic) bond motifs is 1. The van der Waals surface area contributed by atoms with Crippen LogP contribution in [-0.4, -0.2) is 73.7 Å². The first kappa shape index (κ1) is 15.6. The number of amides is 2. The van der Waals surface area contributed by atoms with Crippen LogP contribution in [0.2, 0.25) is 0 Å². The maximum Gasteiger partial charge on any atom is 0.248 e. The van der Waals surface area contributed by atoms with Gasteiger partial charge in [0.25, 0.3) is 0 Å². The topological polar surface area (TPSA) is 71.1 Å². The van der Waals surface area contributed by atoms with E-state index in [0.717, 1.165) is 5.56 Å². The number of nitrogens with zero attached hydrogens (tertiary/aromatic N) is 2. The van der Waals surface area contributed by atoms with Gasteiger partial charge in [-0.25, -0.2) is 0 Å². The Labute approximate surface area is 140 Å². The third-order valence-corrected chi connectivity index (χ3v) is 4.92. The Kier molecular flexibility index (Phi) is 3.99. The summed E-state index contributed by atoms with van der Waals surface area (Å²) in [4.78, 5) is 29.0. The lowest BCUT2D eigenvalue weighted by molar-refractivity contribution is -0.164. The molecule has 0 aliphatic carbocycles. The molecule has 1 aromatic carbocycles. The Balaban J connectivity index is 1.66. The van der Waals surface area contributed by atoms with Crippen LogP contribution < -0.4 is 5.32 Å². The average Bonchev–Trinajstić information content (AvgIpc) is 3.05. The first-order valence-electron chi connectivity index (χ1n) is 8.31. The normalized spacial score (nSPS) is 30.3. The van der Waals surface area contributed by atoms with E-state index in [9.17, 15) is 9.59 Å². The Bertz CT molecular complexity index is 632. The first-order chi connectivity index (χ1) is 11.7. The van der Waals surface area contributed by atoms with Crippen molar-refractivity contribution in [3.05, 3.63) is 35.9 Å². The molecule has 0 bridgehead atoms. The zero-order valence-electron chi connectivity index (χ0n) is 13.4. The summed E-state index contributed by atoms with van der Waals surface area (Å²) >= 11 is 0. The van der Waals surface area contributed by atoms with Gasteiger partial charge < -0.3 is 19.7 Å². The molecule has 3 aliphatic heterocycles. The molecule has 3 aliphatic rings. The number of hydrogen-bond acceptors (Lipinski definition) is 5. The van der Waals surface area contributed by atoms with Gasteiger partial charge in [-0.1, -0.05) is 30.3 Å². The summed E-state index contributed by atoms with van der Waals surface area (Å²) < 4.78 is 11.4. The second kappa shape index (κ2) is 6.16. The van der Waals surface area contributed by atoms with Crippen LogP contribution in [0.15, 0.2) is 30.3 Å². The molecular weight excluding hydrogens is 310 g/mol. The quantitative estimate of drug-likeness (QED) is 0.793. The molecule has 2 amide bonds. The molecule has 3 saturated heterocycles. The average molecular weight is 331 g/mol. The highest BCUT2D eigenvalue weighted by molar-refractivity contribution is 5.90. The number of benzene rings is 1. The molecule has 128 valence electrons. The number of morpholine rings is 1. The van der Waals surface area contributed by atoms with E-state index in [4.69, 9.17) is 9.47 Å². The van der Waals surface area contributed by atoms with Crippen molar-refractivity contribution in [2.45, 2.75) is 11.8 Å². The molecule has 0 saturated carbocycles. The van der Waals surface area contributed by atoms with Gasteiger partial charge in [-0.2, -0.15) is 0 Å². The molecule has 4 rings (SSSR count). The summed E-state index contributed by atoms with van der Waals surface area (Å²) in [5.41, 5.74) is -0.00809. The van der Waals surface area contributed by atoms with Crippen LogP contribution in [0.25, 0.3) is 0 Å². The van der Waals surface area contributed by atoms with Gasteiger partial charge >= 0.3 is 0 Å². The van der Waals surface area contributed by atoms with Crippen molar-refractivity contribution in [1.29, 1.82) is 0 Å². The van der Waals surface area contributed by atoms with Gasteiger partial charge in [-0.05, 0) is 0 Å². The molecule has 7 heteroatoms. The highest BCUT2D eigenvalue weighted by Crippen LogP contribution is 2.39. The van der Waals surface area contributed by atoms with E-state index in [-0.39, 0.29) is 25.0 Å². The lowest BCUT2D eigenvalue weighted by Gasteiger charge is -2.43. The van der Waals surface area contributed by atoms with Crippen LogP contribution in [0, 0.1) is 0 Å². The Hall–Kier alpha value is -1.96. The van der Waals surface area contributed by atoms with Gasteiger partial charge in [0.1, 0.15) is 6.04 Å². The molecule has 7 nitrogen and oxygen atoms in total. The minimum Gasteiger partial charge on any atom is -0.378 e. The van der Waals surface area contributed by atoms with Crippen molar-refractivity contribution in [3.8, 4) is 0 Å². The molecule has 3 fully saturated rings. The summed E-state index contributed by atoms with van der Waals surface area (Å²) in [6.45, 7) is 3.14. The van der Waals surface area contributed by atoms with E-state index in [1.807, 2.05) is 30.3 Å². The summed E-state index contributed by atoms with van der Waals surface area (Å²) in [6, 6.07) is 9.07. The molecule has 0 unspecified atom stereocenters. The minimum atomic E-state index is -0.900. The Morgan fingerprint density at radius 2 is 1.96 bits per heavy atom. The third kappa shape index (κ3) is 2.40. The van der Waals surface area contributed by atoms with E-state index in [2.05, 4.69) is 5.32 Å². The highest BCUT2D eigenvalue weighted by Gasteiger charge is 2.56. The van der Waals surface area contributed by atoms with Crippen LogP contribution in [0.5, 0.6) is 0 Å². The Morgan fingerprint density at radius 3 is 2.71 bits per heavy atom. The SMILES string of the molecule is O=C([C@@H]1CO[C@@]2(c3ccccc3)CNCC(=O)N12)N1CCOCC1. The molecule has 24 heavy (non-hydrogen) atoms. The van der Waals surface area contributed by atoms with Crippen molar-refractivity contribution in [3.63, 3.8) is 0 Å². The van der Waals surface area contributed by atoms with Crippen molar-refractivity contribution in [2.75, 3.05) is 46.0 Å². The molecule has 1 aromatic rings. The second-order valence-electron chi connectivity index (χ2n) is 6.28. The fraction of sp³-hybridized carbons (Fsp3) is 0.529. The van der Waals surface area contributed by atoms with Gasteiger partial charge in [-0.3, -0.25) is 14.5 Å². The molecule has 2 atom stereocenters. The predicted octanol–water partition coefficient (Wildman–Crippen LogP) is -0.471. The van der Waals surface area contributed by atoms with Crippen LogP contribution in [0.4, 0.5) is 0 Å². The summed E-state index contributed by atoms with van der Waals surface area (Å²) in [5.74, 6) is -0.152. The maximum atomic E-state index is 13.0. The van der Waals surface area contributed by atoms with Crippen molar-refractivity contribution in [1.82, 2.24) is 15.1 Å². The monoisotopic (exact) mass is 331 g/mol. The number of carbonyl (C=O) groups excluding carboxylic acids is 2. The van der Waals surface area contributed by atoms with E-state index in [1.165, 1.54) is 0 Å². The number of piperazine rings is 1. The van der Waals surface area contributed by atoms with E-state index in [1.54, 1.807) is 9.80 Å². The smallest absolute Gasteiger partial charge is 0.248 e. The van der Waals surface area contributed by atoms with Crippen molar-refractivity contribution < 1.29 is 19.1 Å². The van der Waals surface area contributed by atoms with Gasteiger partial charge in [0.2, 0.25) is 11.8 Å². The third-order valence-electron chi connectivity index (χ3n) is 4.92. The number of carbonyl (C=O) groups is 2. The summed E-state index contributed by atoms with van der Waals surface area (Å²) in [5, 5.41) is 3.12. The van der Waals surface area contributed by atoms with Crippen LogP contribution in [0.3, 0.4) is 0 Å². The highest BCUT2D eigenvalue weighted by atomic mass is 16.5. The van der Waals surface area contributed by atoms with Gasteiger partial charge in [0.05, 0.1) is 26.4 Å². The fourth-order valence-corrected chi connectivity index (χ4v) is 3.75. The molecule has 3 heterocycles. The lowest BCUT2D eigenvalue weighted by atomic mass is 9.98.